The lowest BCUT2D eigenvalue weighted by molar-refractivity contribution is -0.143. The maximum Gasteiger partial charge on any atom is 0.343 e. The second kappa shape index (κ2) is 16.6. The Morgan fingerprint density at radius 2 is 1.56 bits per heavy atom. The Kier molecular flexibility index (Phi) is 12.6. The van der Waals surface area contributed by atoms with Crippen molar-refractivity contribution in [3.63, 3.8) is 0 Å². The first-order valence-corrected chi connectivity index (χ1v) is 16.8. The number of halogens is 1. The number of rotatable bonds is 14. The highest BCUT2D eigenvalue weighted by molar-refractivity contribution is 14.1. The fourth-order valence-corrected chi connectivity index (χ4v) is 6.63. The van der Waals surface area contributed by atoms with E-state index in [1.54, 1.807) is 57.2 Å². The van der Waals surface area contributed by atoms with Crippen LogP contribution in [-0.4, -0.2) is 69.7 Å². The lowest BCUT2D eigenvalue weighted by atomic mass is 9.95. The Morgan fingerprint density at radius 1 is 0.896 bits per heavy atom. The highest BCUT2D eigenvalue weighted by Gasteiger charge is 2.34. The summed E-state index contributed by atoms with van der Waals surface area (Å²) in [6, 6.07) is 7.56. The minimum Gasteiger partial charge on any atom is -0.490 e. The smallest absolute Gasteiger partial charge is 0.343 e. The molecule has 48 heavy (non-hydrogen) atoms. The number of aromatic nitrogens is 1. The monoisotopic (exact) mass is 794 g/mol. The Balaban J connectivity index is 1.87. The van der Waals surface area contributed by atoms with Crippen LogP contribution in [0, 0.1) is 3.57 Å². The standard InChI is InChI=1S/C33H35IN2O11S/c1-7-43-23-15-20(10-11-22(23)46-16-26(37)41-5)29-28(32(40)45-9-3)18(4)35-33-36(29)31(39)25(48-33)14-19-12-21(34)30(24(13-19)44-8-2)47-17-27(38)42-6/h10-15,29H,7-9,16-17H2,1-6H3/b25-14-/t29-/m0/s1. The van der Waals surface area contributed by atoms with Gasteiger partial charge in [-0.2, -0.15) is 0 Å². The van der Waals surface area contributed by atoms with Gasteiger partial charge in [0.05, 0.1) is 59.5 Å². The van der Waals surface area contributed by atoms with Crippen LogP contribution in [0.2, 0.25) is 0 Å². The third kappa shape index (κ3) is 8.18. The SMILES string of the molecule is CCOC(=O)C1=C(C)N=c2s/c(=C\c3cc(I)c(OCC(=O)OC)c(OCC)c3)c(=O)n2[C@H]1c1ccc(OCC(=O)OC)c(OCC)c1. The summed E-state index contributed by atoms with van der Waals surface area (Å²) in [5.41, 5.74) is 1.38. The van der Waals surface area contributed by atoms with Crippen LogP contribution < -0.4 is 33.8 Å². The number of carbonyl (C=O) groups is 3. The molecule has 0 N–H and O–H groups in total. The molecule has 1 aliphatic heterocycles. The van der Waals surface area contributed by atoms with Gasteiger partial charge in [0.15, 0.2) is 41.0 Å². The number of nitrogens with zero attached hydrogens (tertiary/aromatic N) is 2. The first kappa shape index (κ1) is 36.5. The molecule has 1 aliphatic rings. The molecule has 0 saturated heterocycles. The van der Waals surface area contributed by atoms with Gasteiger partial charge < -0.3 is 33.2 Å². The van der Waals surface area contributed by atoms with Crippen LogP contribution in [0.4, 0.5) is 0 Å². The maximum atomic E-state index is 14.2. The molecule has 15 heteroatoms. The summed E-state index contributed by atoms with van der Waals surface area (Å²) in [6.45, 7) is 7.12. The molecule has 3 aromatic rings. The molecule has 0 amide bonds. The molecule has 0 unspecified atom stereocenters. The molecule has 0 radical (unpaired) electrons. The number of thiazole rings is 1. The number of esters is 3. The number of hydrogen-bond acceptors (Lipinski definition) is 13. The molecule has 1 aromatic heterocycles. The fraction of sp³-hybridized carbons (Fsp3) is 0.364. The zero-order chi connectivity index (χ0) is 35.0. The van der Waals surface area contributed by atoms with Crippen LogP contribution in [-0.2, 0) is 28.6 Å². The summed E-state index contributed by atoms with van der Waals surface area (Å²) in [5.74, 6) is -0.350. The average Bonchev–Trinajstić information content (AvgIpc) is 3.36. The van der Waals surface area contributed by atoms with E-state index in [0.29, 0.717) is 53.6 Å². The second-order valence-electron chi connectivity index (χ2n) is 9.93. The van der Waals surface area contributed by atoms with Crippen molar-refractivity contribution >= 4 is 57.9 Å². The fourth-order valence-electron chi connectivity index (χ4n) is 4.80. The molecule has 0 bridgehead atoms. The van der Waals surface area contributed by atoms with Gasteiger partial charge in [-0.25, -0.2) is 19.4 Å². The third-order valence-corrected chi connectivity index (χ3v) is 8.65. The third-order valence-electron chi connectivity index (χ3n) is 6.87. The Bertz CT molecular complexity index is 1910. The van der Waals surface area contributed by atoms with Crippen LogP contribution in [0.15, 0.2) is 51.4 Å². The van der Waals surface area contributed by atoms with E-state index < -0.39 is 23.9 Å². The number of allylic oxidation sites excluding steroid dienone is 1. The van der Waals surface area contributed by atoms with E-state index in [0.717, 1.165) is 11.3 Å². The van der Waals surface area contributed by atoms with Crippen LogP contribution in [0.5, 0.6) is 23.0 Å². The Morgan fingerprint density at radius 3 is 2.21 bits per heavy atom. The van der Waals surface area contributed by atoms with Gasteiger partial charge in [-0.15, -0.1) is 0 Å². The van der Waals surface area contributed by atoms with Gasteiger partial charge in [-0.1, -0.05) is 17.4 Å². The van der Waals surface area contributed by atoms with Crippen molar-refractivity contribution in [3.05, 3.63) is 76.0 Å². The number of ether oxygens (including phenoxy) is 7. The molecule has 0 spiro atoms. The van der Waals surface area contributed by atoms with Gasteiger partial charge in [0.25, 0.3) is 5.56 Å². The topological polar surface area (TPSA) is 150 Å². The van der Waals surface area contributed by atoms with Gasteiger partial charge in [-0.3, -0.25) is 9.36 Å². The van der Waals surface area contributed by atoms with Crippen molar-refractivity contribution in [3.8, 4) is 23.0 Å². The number of fused-ring (bicyclic) bond motifs is 1. The molecule has 256 valence electrons. The molecule has 0 aliphatic carbocycles. The lowest BCUT2D eigenvalue weighted by Crippen LogP contribution is -2.40. The van der Waals surface area contributed by atoms with Gasteiger partial charge in [0, 0.05) is 0 Å². The Hall–Kier alpha value is -4.38. The predicted octanol–water partition coefficient (Wildman–Crippen LogP) is 3.30. The summed E-state index contributed by atoms with van der Waals surface area (Å²) < 4.78 is 40.1. The number of methoxy groups -OCH3 is 2. The molecule has 4 rings (SSSR count). The minimum atomic E-state index is -0.912. The quantitative estimate of drug-likeness (QED) is 0.134. The van der Waals surface area contributed by atoms with Crippen molar-refractivity contribution in [2.24, 2.45) is 4.99 Å². The van der Waals surface area contributed by atoms with E-state index in [-0.39, 0.29) is 43.3 Å². The summed E-state index contributed by atoms with van der Waals surface area (Å²) in [6.07, 6.45) is 1.70. The lowest BCUT2D eigenvalue weighted by Gasteiger charge is -2.25. The summed E-state index contributed by atoms with van der Waals surface area (Å²) in [4.78, 5) is 56.0. The van der Waals surface area contributed by atoms with Gasteiger partial charge >= 0.3 is 17.9 Å². The summed E-state index contributed by atoms with van der Waals surface area (Å²) >= 11 is 3.23. The van der Waals surface area contributed by atoms with Crippen molar-refractivity contribution < 1.29 is 47.5 Å². The second-order valence-corrected chi connectivity index (χ2v) is 12.1. The minimum absolute atomic E-state index is 0.122. The van der Waals surface area contributed by atoms with E-state index in [4.69, 9.17) is 23.7 Å². The molecule has 0 fully saturated rings. The van der Waals surface area contributed by atoms with Gasteiger partial charge in [-0.05, 0) is 91.8 Å². The first-order valence-electron chi connectivity index (χ1n) is 14.9. The van der Waals surface area contributed by atoms with E-state index >= 15 is 0 Å². The van der Waals surface area contributed by atoms with Crippen LogP contribution in [0.25, 0.3) is 6.08 Å². The van der Waals surface area contributed by atoms with Crippen molar-refractivity contribution in [1.82, 2.24) is 4.57 Å². The predicted molar refractivity (Wildman–Crippen MR) is 183 cm³/mol. The normalized spacial score (nSPS) is 14.1. The molecule has 13 nitrogen and oxygen atoms in total. The zero-order valence-corrected chi connectivity index (χ0v) is 30.2. The van der Waals surface area contributed by atoms with Crippen LogP contribution in [0.1, 0.15) is 44.9 Å². The number of benzene rings is 2. The van der Waals surface area contributed by atoms with Crippen molar-refractivity contribution in [2.45, 2.75) is 33.7 Å². The van der Waals surface area contributed by atoms with Gasteiger partial charge in [0.1, 0.15) is 0 Å². The molecule has 0 saturated carbocycles. The molecular weight excluding hydrogens is 759 g/mol. The maximum absolute atomic E-state index is 14.2. The molecule has 2 aromatic carbocycles. The van der Waals surface area contributed by atoms with Crippen molar-refractivity contribution in [1.29, 1.82) is 0 Å². The van der Waals surface area contributed by atoms with Gasteiger partial charge in [0.2, 0.25) is 0 Å². The zero-order valence-electron chi connectivity index (χ0n) is 27.2. The Labute approximate surface area is 293 Å². The molecule has 1 atom stereocenters. The highest BCUT2D eigenvalue weighted by atomic mass is 127. The summed E-state index contributed by atoms with van der Waals surface area (Å²) in [7, 11) is 2.53. The highest BCUT2D eigenvalue weighted by Crippen LogP contribution is 2.37. The average molecular weight is 795 g/mol. The van der Waals surface area contributed by atoms with E-state index in [9.17, 15) is 19.2 Å². The number of hydrogen-bond donors (Lipinski definition) is 0. The van der Waals surface area contributed by atoms with E-state index in [1.807, 2.05) is 6.92 Å². The van der Waals surface area contributed by atoms with E-state index in [2.05, 4.69) is 37.1 Å². The molecule has 2 heterocycles. The van der Waals surface area contributed by atoms with E-state index in [1.165, 1.54) is 18.8 Å². The largest absolute Gasteiger partial charge is 0.490 e. The van der Waals surface area contributed by atoms with Crippen molar-refractivity contribution in [2.75, 3.05) is 47.3 Å². The molecular formula is C33H35IN2O11S. The van der Waals surface area contributed by atoms with Crippen LogP contribution >= 0.6 is 33.9 Å². The first-order chi connectivity index (χ1) is 23.1. The van der Waals surface area contributed by atoms with Crippen LogP contribution in [0.3, 0.4) is 0 Å². The summed E-state index contributed by atoms with van der Waals surface area (Å²) in [5, 5.41) is 0. The number of carbonyl (C=O) groups excluding carboxylic acids is 3.